The molecule has 0 aromatic carbocycles. The van der Waals surface area contributed by atoms with Gasteiger partial charge in [-0.05, 0) is 24.8 Å². The van der Waals surface area contributed by atoms with Crippen LogP contribution in [0.5, 0.6) is 0 Å². The quantitative estimate of drug-likeness (QED) is 0.740. The van der Waals surface area contributed by atoms with E-state index in [1.807, 2.05) is 12.4 Å². The minimum absolute atomic E-state index is 0.988. The summed E-state index contributed by atoms with van der Waals surface area (Å²) in [7, 11) is 0. The molecule has 1 aliphatic rings. The number of aromatic nitrogens is 1. The lowest BCUT2D eigenvalue weighted by molar-refractivity contribution is 0.760. The molecule has 1 aliphatic carbocycles. The van der Waals surface area contributed by atoms with E-state index in [2.05, 4.69) is 28.6 Å². The van der Waals surface area contributed by atoms with Crippen LogP contribution in [0, 0.1) is 5.92 Å². The molecule has 1 saturated carbocycles. The smallest absolute Gasteiger partial charge is 0.0547 e. The van der Waals surface area contributed by atoms with E-state index in [0.717, 1.165) is 36.8 Å². The number of hydrogen-bond acceptors (Lipinski definition) is 3. The van der Waals surface area contributed by atoms with Gasteiger partial charge in [-0.1, -0.05) is 19.8 Å². The van der Waals surface area contributed by atoms with E-state index in [9.17, 15) is 0 Å². The predicted octanol–water partition coefficient (Wildman–Crippen LogP) is 3.12. The van der Waals surface area contributed by atoms with E-state index in [-0.39, 0.29) is 0 Å². The van der Waals surface area contributed by atoms with E-state index in [1.165, 1.54) is 19.3 Å². The zero-order chi connectivity index (χ0) is 11.2. The first kappa shape index (κ1) is 11.2. The van der Waals surface area contributed by atoms with Crippen LogP contribution >= 0.6 is 0 Å². The topological polar surface area (TPSA) is 37.0 Å². The van der Waals surface area contributed by atoms with E-state index < -0.39 is 0 Å². The third kappa shape index (κ3) is 3.72. The lowest BCUT2D eigenvalue weighted by Crippen LogP contribution is -2.04. The van der Waals surface area contributed by atoms with Crippen molar-refractivity contribution in [3.05, 3.63) is 18.5 Å². The number of pyridine rings is 1. The number of nitrogens with zero attached hydrogens (tertiary/aromatic N) is 1. The van der Waals surface area contributed by atoms with Crippen molar-refractivity contribution < 1.29 is 0 Å². The summed E-state index contributed by atoms with van der Waals surface area (Å²) in [5.74, 6) is 0.988. The Hall–Kier alpha value is -1.25. The van der Waals surface area contributed by atoms with Gasteiger partial charge in [-0.25, -0.2) is 0 Å². The molecule has 0 unspecified atom stereocenters. The van der Waals surface area contributed by atoms with Crippen molar-refractivity contribution in [1.29, 1.82) is 0 Å². The largest absolute Gasteiger partial charge is 0.384 e. The Labute approximate surface area is 97.7 Å². The molecular formula is C13H21N3. The second-order valence-electron chi connectivity index (χ2n) is 4.55. The molecule has 0 atom stereocenters. The number of anilines is 2. The first-order valence-electron chi connectivity index (χ1n) is 6.31. The highest BCUT2D eigenvalue weighted by Crippen LogP contribution is 2.32. The summed E-state index contributed by atoms with van der Waals surface area (Å²) in [4.78, 5) is 4.23. The van der Waals surface area contributed by atoms with E-state index in [4.69, 9.17) is 0 Å². The van der Waals surface area contributed by atoms with Gasteiger partial charge in [0.1, 0.15) is 0 Å². The molecule has 2 rings (SSSR count). The molecule has 88 valence electrons. The molecule has 0 aliphatic heterocycles. The summed E-state index contributed by atoms with van der Waals surface area (Å²) >= 11 is 0. The Bertz CT molecular complexity index is 321. The molecule has 3 heteroatoms. The number of hydrogen-bond donors (Lipinski definition) is 2. The van der Waals surface area contributed by atoms with Crippen molar-refractivity contribution in [1.82, 2.24) is 4.98 Å². The molecule has 16 heavy (non-hydrogen) atoms. The molecule has 0 spiro atoms. The Morgan fingerprint density at radius 2 is 1.88 bits per heavy atom. The molecule has 0 radical (unpaired) electrons. The molecular weight excluding hydrogens is 198 g/mol. The van der Waals surface area contributed by atoms with Crippen molar-refractivity contribution in [2.45, 2.75) is 32.6 Å². The van der Waals surface area contributed by atoms with Crippen LogP contribution in [0.4, 0.5) is 11.4 Å². The van der Waals surface area contributed by atoms with E-state index in [0.29, 0.717) is 0 Å². The van der Waals surface area contributed by atoms with Gasteiger partial charge in [0, 0.05) is 13.1 Å². The SMILES string of the molecule is CCCNc1cncc(NCCC2CC2)c1. The minimum Gasteiger partial charge on any atom is -0.384 e. The van der Waals surface area contributed by atoms with Gasteiger partial charge in [0.2, 0.25) is 0 Å². The summed E-state index contributed by atoms with van der Waals surface area (Å²) in [6, 6.07) is 2.13. The fourth-order valence-corrected chi connectivity index (χ4v) is 1.73. The second-order valence-corrected chi connectivity index (χ2v) is 4.55. The first-order valence-corrected chi connectivity index (χ1v) is 6.31. The van der Waals surface area contributed by atoms with Crippen molar-refractivity contribution >= 4 is 11.4 Å². The van der Waals surface area contributed by atoms with Crippen molar-refractivity contribution in [3.8, 4) is 0 Å². The zero-order valence-electron chi connectivity index (χ0n) is 10.00. The van der Waals surface area contributed by atoms with Gasteiger partial charge in [-0.3, -0.25) is 4.98 Å². The molecule has 3 nitrogen and oxygen atoms in total. The van der Waals surface area contributed by atoms with Gasteiger partial charge in [0.25, 0.3) is 0 Å². The maximum atomic E-state index is 4.23. The highest BCUT2D eigenvalue weighted by atomic mass is 14.9. The highest BCUT2D eigenvalue weighted by molar-refractivity contribution is 5.53. The monoisotopic (exact) mass is 219 g/mol. The molecule has 0 bridgehead atoms. The first-order chi connectivity index (χ1) is 7.88. The maximum absolute atomic E-state index is 4.23. The Balaban J connectivity index is 1.77. The van der Waals surface area contributed by atoms with Crippen LogP contribution < -0.4 is 10.6 Å². The Morgan fingerprint density at radius 1 is 1.19 bits per heavy atom. The van der Waals surface area contributed by atoms with Gasteiger partial charge in [0.15, 0.2) is 0 Å². The molecule has 1 aromatic heterocycles. The fraction of sp³-hybridized carbons (Fsp3) is 0.615. The Kier molecular flexibility index (Phi) is 4.03. The molecule has 1 fully saturated rings. The predicted molar refractivity (Wildman–Crippen MR) is 68.8 cm³/mol. The van der Waals surface area contributed by atoms with Crippen LogP contribution in [0.2, 0.25) is 0 Å². The van der Waals surface area contributed by atoms with Crippen LogP contribution in [0.3, 0.4) is 0 Å². The van der Waals surface area contributed by atoms with Crippen LogP contribution in [-0.4, -0.2) is 18.1 Å². The summed E-state index contributed by atoms with van der Waals surface area (Å²) in [5.41, 5.74) is 2.24. The molecule has 2 N–H and O–H groups in total. The van der Waals surface area contributed by atoms with E-state index >= 15 is 0 Å². The van der Waals surface area contributed by atoms with Crippen LogP contribution in [0.1, 0.15) is 32.6 Å². The highest BCUT2D eigenvalue weighted by Gasteiger charge is 2.19. The fourth-order valence-electron chi connectivity index (χ4n) is 1.73. The van der Waals surface area contributed by atoms with Crippen molar-refractivity contribution in [2.24, 2.45) is 5.92 Å². The van der Waals surface area contributed by atoms with Gasteiger partial charge in [-0.15, -0.1) is 0 Å². The van der Waals surface area contributed by atoms with Gasteiger partial charge >= 0.3 is 0 Å². The maximum Gasteiger partial charge on any atom is 0.0547 e. The number of nitrogens with one attached hydrogen (secondary N) is 2. The normalized spacial score (nSPS) is 14.8. The summed E-state index contributed by atoms with van der Waals surface area (Å²) < 4.78 is 0. The zero-order valence-corrected chi connectivity index (χ0v) is 10.00. The molecule has 0 saturated heterocycles. The molecule has 1 heterocycles. The van der Waals surface area contributed by atoms with Crippen molar-refractivity contribution in [3.63, 3.8) is 0 Å². The average Bonchev–Trinajstić information content (AvgIpc) is 3.11. The van der Waals surface area contributed by atoms with E-state index in [1.54, 1.807) is 0 Å². The Morgan fingerprint density at radius 3 is 2.50 bits per heavy atom. The van der Waals surface area contributed by atoms with Crippen LogP contribution in [-0.2, 0) is 0 Å². The third-order valence-electron chi connectivity index (χ3n) is 2.90. The third-order valence-corrected chi connectivity index (χ3v) is 2.90. The summed E-state index contributed by atoms with van der Waals surface area (Å²) in [5, 5.41) is 6.77. The van der Waals surface area contributed by atoms with Gasteiger partial charge in [-0.2, -0.15) is 0 Å². The van der Waals surface area contributed by atoms with Crippen LogP contribution in [0.25, 0.3) is 0 Å². The van der Waals surface area contributed by atoms with Crippen molar-refractivity contribution in [2.75, 3.05) is 23.7 Å². The van der Waals surface area contributed by atoms with Gasteiger partial charge < -0.3 is 10.6 Å². The van der Waals surface area contributed by atoms with Gasteiger partial charge in [0.05, 0.1) is 23.8 Å². The van der Waals surface area contributed by atoms with Crippen LogP contribution in [0.15, 0.2) is 18.5 Å². The number of rotatable bonds is 7. The second kappa shape index (κ2) is 5.73. The lowest BCUT2D eigenvalue weighted by Gasteiger charge is -2.08. The molecule has 1 aromatic rings. The minimum atomic E-state index is 0.988. The standard InChI is InChI=1S/C13H21N3/c1-2-6-15-12-8-13(10-14-9-12)16-7-5-11-3-4-11/h8-11,15-16H,2-7H2,1H3. The molecule has 0 amide bonds. The summed E-state index contributed by atoms with van der Waals surface area (Å²) in [6.07, 6.45) is 9.06. The lowest BCUT2D eigenvalue weighted by atomic mass is 10.3. The summed E-state index contributed by atoms with van der Waals surface area (Å²) in [6.45, 7) is 4.24. The average molecular weight is 219 g/mol.